The Morgan fingerprint density at radius 3 is 2.91 bits per heavy atom. The van der Waals surface area contributed by atoms with Crippen LogP contribution in [-0.2, 0) is 4.79 Å². The predicted molar refractivity (Wildman–Crippen MR) is 49.0 cm³/mol. The van der Waals surface area contributed by atoms with Gasteiger partial charge in [0.05, 0.1) is 5.04 Å². The molecule has 0 aromatic heterocycles. The summed E-state index contributed by atoms with van der Waals surface area (Å²) in [6.07, 6.45) is 4.65. The molecule has 0 aliphatic carbocycles. The number of carbonyl (C=O) groups excluding carboxylic acids is 1. The van der Waals surface area contributed by atoms with Crippen LogP contribution in [0.15, 0.2) is 4.99 Å². The third-order valence-corrected chi connectivity index (χ3v) is 2.54. The molecule has 0 amide bonds. The summed E-state index contributed by atoms with van der Waals surface area (Å²) in [4.78, 5) is 14.9. The minimum atomic E-state index is 0.205. The summed E-state index contributed by atoms with van der Waals surface area (Å²) in [6, 6.07) is 0. The molecule has 1 aliphatic rings. The zero-order valence-corrected chi connectivity index (χ0v) is 7.62. The molecule has 3 heteroatoms. The van der Waals surface area contributed by atoms with Crippen LogP contribution in [0.1, 0.15) is 32.6 Å². The first-order valence-electron chi connectivity index (χ1n) is 4.07. The van der Waals surface area contributed by atoms with Gasteiger partial charge in [0.2, 0.25) is 5.12 Å². The Bertz CT molecular complexity index is 177. The van der Waals surface area contributed by atoms with E-state index in [2.05, 4.69) is 11.9 Å². The standard InChI is InChI=1S/C8H13NOS/c1-2-3-4-5-7-9-6-8(10)11-7/h2-6H2,1H3. The van der Waals surface area contributed by atoms with E-state index in [1.807, 2.05) is 0 Å². The highest BCUT2D eigenvalue weighted by atomic mass is 32.2. The minimum Gasteiger partial charge on any atom is -0.285 e. The molecule has 1 heterocycles. The van der Waals surface area contributed by atoms with Crippen molar-refractivity contribution in [2.45, 2.75) is 32.6 Å². The molecule has 0 N–H and O–H groups in total. The maximum absolute atomic E-state index is 10.7. The maximum atomic E-state index is 10.7. The van der Waals surface area contributed by atoms with Crippen LogP contribution in [0.25, 0.3) is 0 Å². The fraction of sp³-hybridized carbons (Fsp3) is 0.750. The van der Waals surface area contributed by atoms with Crippen LogP contribution in [-0.4, -0.2) is 16.7 Å². The van der Waals surface area contributed by atoms with Gasteiger partial charge in [-0.15, -0.1) is 0 Å². The van der Waals surface area contributed by atoms with Gasteiger partial charge in [0.1, 0.15) is 6.54 Å². The zero-order chi connectivity index (χ0) is 8.10. The van der Waals surface area contributed by atoms with Crippen LogP contribution in [0.5, 0.6) is 0 Å². The predicted octanol–water partition coefficient (Wildman–Crippen LogP) is 2.24. The fourth-order valence-corrected chi connectivity index (χ4v) is 1.77. The van der Waals surface area contributed by atoms with Crippen molar-refractivity contribution in [3.8, 4) is 0 Å². The van der Waals surface area contributed by atoms with Gasteiger partial charge in [-0.3, -0.25) is 9.79 Å². The third-order valence-electron chi connectivity index (χ3n) is 1.61. The zero-order valence-electron chi connectivity index (χ0n) is 6.80. The highest BCUT2D eigenvalue weighted by molar-refractivity contribution is 8.26. The first kappa shape index (κ1) is 8.78. The van der Waals surface area contributed by atoms with Gasteiger partial charge in [0.25, 0.3) is 0 Å². The molecule has 0 saturated carbocycles. The van der Waals surface area contributed by atoms with Gasteiger partial charge < -0.3 is 0 Å². The minimum absolute atomic E-state index is 0.205. The highest BCUT2D eigenvalue weighted by Gasteiger charge is 2.14. The monoisotopic (exact) mass is 171 g/mol. The van der Waals surface area contributed by atoms with Crippen molar-refractivity contribution < 1.29 is 4.79 Å². The van der Waals surface area contributed by atoms with Gasteiger partial charge >= 0.3 is 0 Å². The van der Waals surface area contributed by atoms with Crippen molar-refractivity contribution in [3.05, 3.63) is 0 Å². The van der Waals surface area contributed by atoms with E-state index in [0.29, 0.717) is 6.54 Å². The molecule has 0 bridgehead atoms. The van der Waals surface area contributed by atoms with Crippen LogP contribution in [0.4, 0.5) is 0 Å². The second kappa shape index (κ2) is 4.54. The number of unbranched alkanes of at least 4 members (excludes halogenated alkanes) is 2. The first-order chi connectivity index (χ1) is 5.33. The van der Waals surface area contributed by atoms with Gasteiger partial charge in [0, 0.05) is 0 Å². The smallest absolute Gasteiger partial charge is 0.216 e. The van der Waals surface area contributed by atoms with E-state index >= 15 is 0 Å². The van der Waals surface area contributed by atoms with Crippen LogP contribution in [0.2, 0.25) is 0 Å². The topological polar surface area (TPSA) is 29.4 Å². The van der Waals surface area contributed by atoms with Gasteiger partial charge in [-0.05, 0) is 24.6 Å². The molecule has 0 aromatic carbocycles. The second-order valence-electron chi connectivity index (χ2n) is 2.64. The van der Waals surface area contributed by atoms with E-state index in [9.17, 15) is 4.79 Å². The Balaban J connectivity index is 2.13. The van der Waals surface area contributed by atoms with Crippen molar-refractivity contribution in [1.82, 2.24) is 0 Å². The van der Waals surface area contributed by atoms with Gasteiger partial charge in [-0.2, -0.15) is 0 Å². The van der Waals surface area contributed by atoms with Crippen LogP contribution < -0.4 is 0 Å². The van der Waals surface area contributed by atoms with E-state index in [0.717, 1.165) is 11.5 Å². The normalized spacial score (nSPS) is 17.2. The molecule has 0 radical (unpaired) electrons. The summed E-state index contributed by atoms with van der Waals surface area (Å²) in [7, 11) is 0. The van der Waals surface area contributed by atoms with Gasteiger partial charge in [0.15, 0.2) is 0 Å². The van der Waals surface area contributed by atoms with Crippen molar-refractivity contribution in [2.75, 3.05) is 6.54 Å². The lowest BCUT2D eigenvalue weighted by atomic mass is 10.2. The average Bonchev–Trinajstić information content (AvgIpc) is 2.37. The van der Waals surface area contributed by atoms with Crippen LogP contribution >= 0.6 is 11.8 Å². The molecule has 1 rings (SSSR count). The number of hydrogen-bond donors (Lipinski definition) is 0. The Morgan fingerprint density at radius 1 is 1.55 bits per heavy atom. The molecule has 1 aliphatic heterocycles. The first-order valence-corrected chi connectivity index (χ1v) is 4.88. The fourth-order valence-electron chi connectivity index (χ4n) is 1.00. The summed E-state index contributed by atoms with van der Waals surface area (Å²) < 4.78 is 0. The largest absolute Gasteiger partial charge is 0.285 e. The number of nitrogens with zero attached hydrogens (tertiary/aromatic N) is 1. The van der Waals surface area contributed by atoms with E-state index in [1.165, 1.54) is 31.0 Å². The number of hydrogen-bond acceptors (Lipinski definition) is 3. The number of rotatable bonds is 4. The van der Waals surface area contributed by atoms with E-state index in [1.54, 1.807) is 0 Å². The summed E-state index contributed by atoms with van der Waals surface area (Å²) in [5.41, 5.74) is 0. The Labute approximate surface area is 71.5 Å². The SMILES string of the molecule is CCCCCC1=NCC(=O)S1. The quantitative estimate of drug-likeness (QED) is 0.607. The summed E-state index contributed by atoms with van der Waals surface area (Å²) >= 11 is 1.33. The molecule has 0 aromatic rings. The lowest BCUT2D eigenvalue weighted by Crippen LogP contribution is -1.90. The van der Waals surface area contributed by atoms with Crippen molar-refractivity contribution in [2.24, 2.45) is 4.99 Å². The molecule has 0 unspecified atom stereocenters. The summed E-state index contributed by atoms with van der Waals surface area (Å²) in [6.45, 7) is 2.58. The maximum Gasteiger partial charge on any atom is 0.216 e. The summed E-state index contributed by atoms with van der Waals surface area (Å²) in [5.74, 6) is 0. The molecule has 2 nitrogen and oxygen atoms in total. The Morgan fingerprint density at radius 2 is 2.36 bits per heavy atom. The molecule has 0 fully saturated rings. The molecular weight excluding hydrogens is 158 g/mol. The van der Waals surface area contributed by atoms with Crippen molar-refractivity contribution in [1.29, 1.82) is 0 Å². The molecule has 11 heavy (non-hydrogen) atoms. The molecule has 0 saturated heterocycles. The van der Waals surface area contributed by atoms with Gasteiger partial charge in [-0.1, -0.05) is 19.8 Å². The number of aliphatic imine (C=N–C) groups is 1. The molecular formula is C8H13NOS. The lowest BCUT2D eigenvalue weighted by Gasteiger charge is -1.95. The Kier molecular flexibility index (Phi) is 3.63. The second-order valence-corrected chi connectivity index (χ2v) is 3.77. The van der Waals surface area contributed by atoms with Crippen LogP contribution in [0, 0.1) is 0 Å². The molecule has 0 spiro atoms. The number of thioether (sulfide) groups is 1. The van der Waals surface area contributed by atoms with E-state index in [-0.39, 0.29) is 5.12 Å². The highest BCUT2D eigenvalue weighted by Crippen LogP contribution is 2.18. The third kappa shape index (κ3) is 3.06. The molecule has 62 valence electrons. The van der Waals surface area contributed by atoms with Crippen molar-refractivity contribution in [3.63, 3.8) is 0 Å². The van der Waals surface area contributed by atoms with Crippen molar-refractivity contribution >= 4 is 21.9 Å². The van der Waals surface area contributed by atoms with E-state index in [4.69, 9.17) is 0 Å². The van der Waals surface area contributed by atoms with E-state index < -0.39 is 0 Å². The van der Waals surface area contributed by atoms with Crippen LogP contribution in [0.3, 0.4) is 0 Å². The Hall–Kier alpha value is -0.310. The summed E-state index contributed by atoms with van der Waals surface area (Å²) in [5, 5.41) is 1.25. The van der Waals surface area contributed by atoms with Gasteiger partial charge in [-0.25, -0.2) is 0 Å². The lowest BCUT2D eigenvalue weighted by molar-refractivity contribution is -0.109. The average molecular weight is 171 g/mol. The molecule has 0 atom stereocenters. The number of carbonyl (C=O) groups is 1.